The summed E-state index contributed by atoms with van der Waals surface area (Å²) in [6.07, 6.45) is 6.07. The van der Waals surface area contributed by atoms with Crippen molar-refractivity contribution in [2.75, 3.05) is 0 Å². The molecule has 0 bridgehead atoms. The van der Waals surface area contributed by atoms with Crippen molar-refractivity contribution < 1.29 is 0 Å². The minimum atomic E-state index is 0.434. The normalized spacial score (nSPS) is 11.1. The third-order valence-electron chi connectivity index (χ3n) is 3.42. The molecule has 5 heteroatoms. The lowest BCUT2D eigenvalue weighted by molar-refractivity contribution is 0.658. The Morgan fingerprint density at radius 2 is 2.20 bits per heavy atom. The Labute approximate surface area is 122 Å². The molecule has 2 aromatic heterocycles. The molecule has 1 aromatic carbocycles. The monoisotopic (exact) mass is 284 g/mol. The summed E-state index contributed by atoms with van der Waals surface area (Å²) in [4.78, 5) is 0.434. The first kappa shape index (κ1) is 12.9. The van der Waals surface area contributed by atoms with Crippen LogP contribution in [0, 0.1) is 0 Å². The van der Waals surface area contributed by atoms with E-state index in [9.17, 15) is 0 Å². The number of rotatable bonds is 4. The van der Waals surface area contributed by atoms with Crippen molar-refractivity contribution >= 4 is 28.1 Å². The number of aromatic nitrogens is 3. The van der Waals surface area contributed by atoms with Crippen molar-refractivity contribution in [3.05, 3.63) is 54.0 Å². The summed E-state index contributed by atoms with van der Waals surface area (Å²) in [5.41, 5.74) is 8.95. The molecule has 0 atom stereocenters. The molecule has 102 valence electrons. The number of nitrogens with zero attached hydrogens (tertiary/aromatic N) is 3. The van der Waals surface area contributed by atoms with Gasteiger partial charge in [0.2, 0.25) is 0 Å². The van der Waals surface area contributed by atoms with E-state index in [2.05, 4.69) is 41.1 Å². The quantitative estimate of drug-likeness (QED) is 0.749. The molecule has 0 unspecified atom stereocenters. The summed E-state index contributed by atoms with van der Waals surface area (Å²) in [7, 11) is 0. The minimum Gasteiger partial charge on any atom is -0.389 e. The topological polar surface area (TPSA) is 48.8 Å². The van der Waals surface area contributed by atoms with Gasteiger partial charge in [0.25, 0.3) is 0 Å². The average molecular weight is 284 g/mol. The summed E-state index contributed by atoms with van der Waals surface area (Å²) in [6.45, 7) is 3.79. The summed E-state index contributed by atoms with van der Waals surface area (Å²) < 4.78 is 4.14. The van der Waals surface area contributed by atoms with Crippen LogP contribution in [0.4, 0.5) is 0 Å². The van der Waals surface area contributed by atoms with E-state index in [4.69, 9.17) is 18.0 Å². The first-order valence-corrected chi connectivity index (χ1v) is 6.98. The summed E-state index contributed by atoms with van der Waals surface area (Å²) in [6, 6.07) is 8.15. The van der Waals surface area contributed by atoms with Crippen LogP contribution in [0.15, 0.2) is 42.9 Å². The van der Waals surface area contributed by atoms with Crippen LogP contribution in [0.2, 0.25) is 0 Å². The number of aryl methyl sites for hydroxylation is 1. The molecule has 0 aliphatic heterocycles. The van der Waals surface area contributed by atoms with Gasteiger partial charge >= 0.3 is 0 Å². The second kappa shape index (κ2) is 5.09. The van der Waals surface area contributed by atoms with Gasteiger partial charge in [-0.3, -0.25) is 4.68 Å². The smallest absolute Gasteiger partial charge is 0.104 e. The van der Waals surface area contributed by atoms with Gasteiger partial charge in [0.05, 0.1) is 12.7 Å². The molecule has 0 fully saturated rings. The summed E-state index contributed by atoms with van der Waals surface area (Å²) >= 11 is 5.01. The van der Waals surface area contributed by atoms with Crippen LogP contribution >= 0.6 is 12.2 Å². The molecule has 0 aliphatic carbocycles. The van der Waals surface area contributed by atoms with Crippen LogP contribution in [0.3, 0.4) is 0 Å². The lowest BCUT2D eigenvalue weighted by Gasteiger charge is -2.04. The Kier molecular flexibility index (Phi) is 3.28. The van der Waals surface area contributed by atoms with Gasteiger partial charge in [0.15, 0.2) is 0 Å². The fourth-order valence-corrected chi connectivity index (χ4v) is 2.48. The third-order valence-corrected chi connectivity index (χ3v) is 3.65. The average Bonchev–Trinajstić information content (AvgIpc) is 3.06. The lowest BCUT2D eigenvalue weighted by Crippen LogP contribution is -2.08. The largest absolute Gasteiger partial charge is 0.389 e. The van der Waals surface area contributed by atoms with Crippen LogP contribution in [0.25, 0.3) is 10.9 Å². The number of hydrogen-bond donors (Lipinski definition) is 1. The van der Waals surface area contributed by atoms with Gasteiger partial charge in [-0.25, -0.2) is 0 Å². The number of fused-ring (bicyclic) bond motifs is 1. The Hall–Kier alpha value is -2.14. The van der Waals surface area contributed by atoms with Crippen LogP contribution in [0.1, 0.15) is 18.1 Å². The van der Waals surface area contributed by atoms with E-state index in [0.717, 1.165) is 24.0 Å². The van der Waals surface area contributed by atoms with Crippen molar-refractivity contribution in [2.45, 2.75) is 20.0 Å². The molecular weight excluding hydrogens is 268 g/mol. The molecule has 0 spiro atoms. The van der Waals surface area contributed by atoms with E-state index in [0.29, 0.717) is 4.99 Å². The molecule has 0 saturated carbocycles. The Balaban J connectivity index is 1.94. The van der Waals surface area contributed by atoms with Crippen molar-refractivity contribution in [1.29, 1.82) is 0 Å². The van der Waals surface area contributed by atoms with E-state index in [-0.39, 0.29) is 0 Å². The zero-order valence-corrected chi connectivity index (χ0v) is 12.1. The number of thiocarbonyl (C=S) groups is 1. The van der Waals surface area contributed by atoms with E-state index >= 15 is 0 Å². The van der Waals surface area contributed by atoms with E-state index in [1.54, 1.807) is 0 Å². The Morgan fingerprint density at radius 3 is 2.90 bits per heavy atom. The molecule has 0 radical (unpaired) electrons. The molecule has 3 aromatic rings. The molecule has 0 amide bonds. The molecular formula is C15H16N4S. The zero-order chi connectivity index (χ0) is 14.1. The maximum Gasteiger partial charge on any atom is 0.104 e. The predicted molar refractivity (Wildman–Crippen MR) is 84.8 cm³/mol. The van der Waals surface area contributed by atoms with Crippen molar-refractivity contribution in [3.8, 4) is 0 Å². The first-order chi connectivity index (χ1) is 9.67. The van der Waals surface area contributed by atoms with Gasteiger partial charge in [-0.1, -0.05) is 12.2 Å². The van der Waals surface area contributed by atoms with Gasteiger partial charge in [0.1, 0.15) is 4.99 Å². The number of benzene rings is 1. The standard InChI is InChI=1S/C15H16N4S/c1-2-19-10-11(8-17-19)9-18-6-5-12-7-13(15(16)20)3-4-14(12)18/h3-8,10H,2,9H2,1H3,(H2,16,20). The van der Waals surface area contributed by atoms with Gasteiger partial charge in [0, 0.05) is 41.0 Å². The Morgan fingerprint density at radius 1 is 1.35 bits per heavy atom. The van der Waals surface area contributed by atoms with Crippen molar-refractivity contribution in [2.24, 2.45) is 5.73 Å². The molecule has 2 heterocycles. The number of hydrogen-bond acceptors (Lipinski definition) is 2. The van der Waals surface area contributed by atoms with Crippen LogP contribution in [0.5, 0.6) is 0 Å². The van der Waals surface area contributed by atoms with Crippen molar-refractivity contribution in [3.63, 3.8) is 0 Å². The van der Waals surface area contributed by atoms with Gasteiger partial charge in [-0.15, -0.1) is 0 Å². The van der Waals surface area contributed by atoms with E-state index in [1.807, 2.05) is 23.0 Å². The summed E-state index contributed by atoms with van der Waals surface area (Å²) in [5.74, 6) is 0. The van der Waals surface area contributed by atoms with Gasteiger partial charge in [-0.2, -0.15) is 5.10 Å². The minimum absolute atomic E-state index is 0.434. The highest BCUT2D eigenvalue weighted by Crippen LogP contribution is 2.19. The first-order valence-electron chi connectivity index (χ1n) is 6.57. The summed E-state index contributed by atoms with van der Waals surface area (Å²) in [5, 5.41) is 5.45. The highest BCUT2D eigenvalue weighted by molar-refractivity contribution is 7.80. The fourth-order valence-electron chi connectivity index (χ4n) is 2.35. The predicted octanol–water partition coefficient (Wildman–Crippen LogP) is 2.54. The highest BCUT2D eigenvalue weighted by Gasteiger charge is 2.05. The highest BCUT2D eigenvalue weighted by atomic mass is 32.1. The SMILES string of the molecule is CCn1cc(Cn2ccc3cc(C(N)=S)ccc32)cn1. The van der Waals surface area contributed by atoms with E-state index < -0.39 is 0 Å². The number of nitrogens with two attached hydrogens (primary N) is 1. The maximum atomic E-state index is 5.67. The second-order valence-electron chi connectivity index (χ2n) is 4.79. The molecule has 2 N–H and O–H groups in total. The van der Waals surface area contributed by atoms with Crippen LogP contribution in [-0.4, -0.2) is 19.3 Å². The van der Waals surface area contributed by atoms with Crippen LogP contribution < -0.4 is 5.73 Å². The molecule has 20 heavy (non-hydrogen) atoms. The van der Waals surface area contributed by atoms with Gasteiger partial charge in [-0.05, 0) is 31.2 Å². The van der Waals surface area contributed by atoms with Gasteiger partial charge < -0.3 is 10.3 Å². The fraction of sp³-hybridized carbons (Fsp3) is 0.200. The molecule has 0 aliphatic rings. The van der Waals surface area contributed by atoms with Crippen LogP contribution in [-0.2, 0) is 13.1 Å². The lowest BCUT2D eigenvalue weighted by atomic mass is 10.1. The third kappa shape index (κ3) is 2.32. The maximum absolute atomic E-state index is 5.67. The molecule has 4 nitrogen and oxygen atoms in total. The molecule has 3 rings (SSSR count). The van der Waals surface area contributed by atoms with E-state index in [1.165, 1.54) is 11.1 Å². The van der Waals surface area contributed by atoms with Crippen molar-refractivity contribution in [1.82, 2.24) is 14.3 Å². The molecule has 0 saturated heterocycles. The Bertz CT molecular complexity index is 769. The zero-order valence-electron chi connectivity index (χ0n) is 11.3. The second-order valence-corrected chi connectivity index (χ2v) is 5.23.